The highest BCUT2D eigenvalue weighted by Gasteiger charge is 2.32. The second-order valence-electron chi connectivity index (χ2n) is 7.10. The topological polar surface area (TPSA) is 81.9 Å². The Morgan fingerprint density at radius 3 is 2.77 bits per heavy atom. The number of carbonyl (C=O) groups excluding carboxylic acids is 1. The van der Waals surface area contributed by atoms with Gasteiger partial charge < -0.3 is 10.1 Å². The molecular weight excluding hydrogens is 418 g/mol. The summed E-state index contributed by atoms with van der Waals surface area (Å²) < 4.78 is 59.4. The minimum Gasteiger partial charge on any atom is -0.457 e. The second kappa shape index (κ2) is 7.97. The second-order valence-corrected chi connectivity index (χ2v) is 7.10. The Hall–Kier alpha value is -3.50. The van der Waals surface area contributed by atoms with Gasteiger partial charge in [0.1, 0.15) is 23.0 Å². The van der Waals surface area contributed by atoms with Gasteiger partial charge in [0.05, 0.1) is 17.3 Å². The lowest BCUT2D eigenvalue weighted by atomic mass is 9.96. The molecule has 0 fully saturated rings. The van der Waals surface area contributed by atoms with Crippen molar-refractivity contribution in [1.29, 1.82) is 0 Å². The van der Waals surface area contributed by atoms with E-state index >= 15 is 0 Å². The first-order valence-electron chi connectivity index (χ1n) is 9.44. The van der Waals surface area contributed by atoms with E-state index in [4.69, 9.17) is 4.74 Å². The van der Waals surface area contributed by atoms with Gasteiger partial charge in [-0.25, -0.2) is 9.37 Å². The molecule has 1 unspecified atom stereocenters. The van der Waals surface area contributed by atoms with Crippen molar-refractivity contribution in [3.05, 3.63) is 59.3 Å². The van der Waals surface area contributed by atoms with Crippen molar-refractivity contribution < 1.29 is 27.1 Å². The lowest BCUT2D eigenvalue weighted by Crippen LogP contribution is -2.29. The minimum absolute atomic E-state index is 0.155. The summed E-state index contributed by atoms with van der Waals surface area (Å²) >= 11 is 0. The van der Waals surface area contributed by atoms with E-state index < -0.39 is 17.6 Å². The van der Waals surface area contributed by atoms with Crippen molar-refractivity contribution in [3.63, 3.8) is 0 Å². The Morgan fingerprint density at radius 1 is 1.23 bits per heavy atom. The molecule has 1 aliphatic carbocycles. The largest absolute Gasteiger partial charge is 0.457 e. The predicted molar refractivity (Wildman–Crippen MR) is 100 cm³/mol. The zero-order valence-corrected chi connectivity index (χ0v) is 16.3. The molecule has 2 aromatic heterocycles. The van der Waals surface area contributed by atoms with Gasteiger partial charge in [0.2, 0.25) is 5.91 Å². The number of fused-ring (bicyclic) bond motifs is 1. The third-order valence-corrected chi connectivity index (χ3v) is 4.78. The number of halogens is 4. The molecule has 162 valence electrons. The van der Waals surface area contributed by atoms with Crippen molar-refractivity contribution in [1.82, 2.24) is 25.3 Å². The zero-order valence-electron chi connectivity index (χ0n) is 16.3. The lowest BCUT2D eigenvalue weighted by Gasteiger charge is -2.21. The summed E-state index contributed by atoms with van der Waals surface area (Å²) in [5, 5.41) is 11.1. The van der Waals surface area contributed by atoms with Crippen LogP contribution in [0.25, 0.3) is 5.82 Å². The van der Waals surface area contributed by atoms with Gasteiger partial charge in [-0.2, -0.15) is 17.9 Å². The standard InChI is InChI=1S/C20H17F4N5O2/c1-11(30)26-16-3-2-4-17-19(16)27-28-29(17)18-10-14(5-6-25-18)31-15-8-12(20(22,23)24)7-13(21)9-15/h5-10,16H,2-4H2,1H3,(H,26,30). The number of benzene rings is 1. The van der Waals surface area contributed by atoms with Crippen LogP contribution in [0.5, 0.6) is 11.5 Å². The van der Waals surface area contributed by atoms with Crippen LogP contribution in [0, 0.1) is 5.82 Å². The van der Waals surface area contributed by atoms with Gasteiger partial charge in [-0.05, 0) is 37.5 Å². The average molecular weight is 435 g/mol. The molecule has 0 saturated carbocycles. The molecule has 0 saturated heterocycles. The zero-order chi connectivity index (χ0) is 22.2. The molecular formula is C20H17F4N5O2. The van der Waals surface area contributed by atoms with E-state index in [2.05, 4.69) is 20.6 Å². The van der Waals surface area contributed by atoms with Gasteiger partial charge >= 0.3 is 6.18 Å². The van der Waals surface area contributed by atoms with E-state index in [0.29, 0.717) is 24.0 Å². The average Bonchev–Trinajstić information content (AvgIpc) is 3.12. The quantitative estimate of drug-likeness (QED) is 0.624. The monoisotopic (exact) mass is 435 g/mol. The van der Waals surface area contributed by atoms with Crippen LogP contribution in [-0.4, -0.2) is 25.9 Å². The Labute approximate surface area is 174 Å². The third-order valence-electron chi connectivity index (χ3n) is 4.78. The molecule has 31 heavy (non-hydrogen) atoms. The fraction of sp³-hybridized carbons (Fsp3) is 0.300. The Bertz CT molecular complexity index is 1130. The predicted octanol–water partition coefficient (Wildman–Crippen LogP) is 4.13. The van der Waals surface area contributed by atoms with Crippen molar-refractivity contribution in [2.45, 2.75) is 38.4 Å². The molecule has 0 bridgehead atoms. The summed E-state index contributed by atoms with van der Waals surface area (Å²) in [4.78, 5) is 15.7. The third kappa shape index (κ3) is 4.49. The Morgan fingerprint density at radius 2 is 2.03 bits per heavy atom. The van der Waals surface area contributed by atoms with Crippen LogP contribution in [0.2, 0.25) is 0 Å². The van der Waals surface area contributed by atoms with E-state index in [1.807, 2.05) is 0 Å². The number of carbonyl (C=O) groups is 1. The molecule has 1 atom stereocenters. The number of amides is 1. The highest BCUT2D eigenvalue weighted by atomic mass is 19.4. The maximum atomic E-state index is 13.6. The van der Waals surface area contributed by atoms with Gasteiger partial charge in [-0.3, -0.25) is 4.79 Å². The van der Waals surface area contributed by atoms with Crippen molar-refractivity contribution in [3.8, 4) is 17.3 Å². The summed E-state index contributed by atoms with van der Waals surface area (Å²) in [7, 11) is 0. The number of alkyl halides is 3. The van der Waals surface area contributed by atoms with Gasteiger partial charge in [-0.1, -0.05) is 5.21 Å². The van der Waals surface area contributed by atoms with E-state index in [1.165, 1.54) is 29.9 Å². The highest BCUT2D eigenvalue weighted by molar-refractivity contribution is 5.73. The lowest BCUT2D eigenvalue weighted by molar-refractivity contribution is -0.137. The number of nitrogens with zero attached hydrogens (tertiary/aromatic N) is 4. The van der Waals surface area contributed by atoms with E-state index in [9.17, 15) is 22.4 Å². The number of nitrogens with one attached hydrogen (secondary N) is 1. The normalized spacial score (nSPS) is 16.0. The van der Waals surface area contributed by atoms with Gasteiger partial charge in [0.15, 0.2) is 5.82 Å². The van der Waals surface area contributed by atoms with Crippen molar-refractivity contribution >= 4 is 5.91 Å². The maximum absolute atomic E-state index is 13.6. The SMILES string of the molecule is CC(=O)NC1CCCc2c1nnn2-c1cc(Oc2cc(F)cc(C(F)(F)F)c2)ccn1. The molecule has 1 aromatic carbocycles. The van der Waals surface area contributed by atoms with Crippen molar-refractivity contribution in [2.24, 2.45) is 0 Å². The fourth-order valence-corrected chi connectivity index (χ4v) is 3.50. The number of hydrogen-bond donors (Lipinski definition) is 1. The minimum atomic E-state index is -4.70. The first-order chi connectivity index (χ1) is 14.7. The summed E-state index contributed by atoms with van der Waals surface area (Å²) in [5.74, 6) is -1.04. The summed E-state index contributed by atoms with van der Waals surface area (Å²) in [6.07, 6.45) is -1.08. The number of hydrogen-bond acceptors (Lipinski definition) is 5. The van der Waals surface area contributed by atoms with E-state index in [1.54, 1.807) is 0 Å². The molecule has 0 radical (unpaired) electrons. The first kappa shape index (κ1) is 20.8. The van der Waals surface area contributed by atoms with Gasteiger partial charge in [0.25, 0.3) is 0 Å². The fourth-order valence-electron chi connectivity index (χ4n) is 3.50. The number of pyridine rings is 1. The Balaban J connectivity index is 1.63. The molecule has 7 nitrogen and oxygen atoms in total. The van der Waals surface area contributed by atoms with Crippen LogP contribution in [0.4, 0.5) is 17.6 Å². The van der Waals surface area contributed by atoms with E-state index in [-0.39, 0.29) is 23.4 Å². The summed E-state index contributed by atoms with van der Waals surface area (Å²) in [5.41, 5.74) is 0.278. The van der Waals surface area contributed by atoms with Crippen LogP contribution in [-0.2, 0) is 17.4 Å². The molecule has 11 heteroatoms. The molecule has 1 amide bonds. The van der Waals surface area contributed by atoms with Gasteiger partial charge in [0, 0.05) is 25.3 Å². The van der Waals surface area contributed by atoms with Crippen LogP contribution in [0.1, 0.15) is 42.8 Å². The van der Waals surface area contributed by atoms with Crippen molar-refractivity contribution in [2.75, 3.05) is 0 Å². The molecule has 0 aliphatic heterocycles. The first-order valence-corrected chi connectivity index (χ1v) is 9.44. The molecule has 2 heterocycles. The molecule has 4 rings (SSSR count). The van der Waals surface area contributed by atoms with E-state index in [0.717, 1.165) is 30.7 Å². The number of ether oxygens (including phenoxy) is 1. The van der Waals surface area contributed by atoms with Gasteiger partial charge in [-0.15, -0.1) is 5.10 Å². The Kier molecular flexibility index (Phi) is 5.34. The maximum Gasteiger partial charge on any atom is 0.416 e. The van der Waals surface area contributed by atoms with Crippen LogP contribution >= 0.6 is 0 Å². The number of aromatic nitrogens is 4. The summed E-state index contributed by atoms with van der Waals surface area (Å²) in [6, 6.07) is 4.64. The van der Waals surface area contributed by atoms with Crippen LogP contribution < -0.4 is 10.1 Å². The van der Waals surface area contributed by atoms with Crippen LogP contribution in [0.3, 0.4) is 0 Å². The van der Waals surface area contributed by atoms with Crippen LogP contribution in [0.15, 0.2) is 36.5 Å². The smallest absolute Gasteiger partial charge is 0.416 e. The highest BCUT2D eigenvalue weighted by Crippen LogP contribution is 2.34. The molecule has 1 N–H and O–H groups in total. The summed E-state index contributed by atoms with van der Waals surface area (Å²) in [6.45, 7) is 1.43. The molecule has 1 aliphatic rings. The number of rotatable bonds is 4. The molecule has 0 spiro atoms. The molecule has 3 aromatic rings.